The van der Waals surface area contributed by atoms with Gasteiger partial charge in [-0.1, -0.05) is 50.3 Å². The maximum absolute atomic E-state index is 13.6. The number of benzene rings is 2. The number of halogens is 1. The molecule has 31 heavy (non-hydrogen) atoms. The Morgan fingerprint density at radius 3 is 2.35 bits per heavy atom. The maximum atomic E-state index is 13.6. The molecule has 3 aromatic rings. The summed E-state index contributed by atoms with van der Waals surface area (Å²) in [5.41, 5.74) is 3.20. The molecule has 0 aliphatic carbocycles. The number of hydrogen-bond donors (Lipinski definition) is 0. The van der Waals surface area contributed by atoms with Gasteiger partial charge in [-0.05, 0) is 43.3 Å². The average molecular weight is 436 g/mol. The Morgan fingerprint density at radius 1 is 1.19 bits per heavy atom. The number of nitrogens with zero attached hydrogens (tertiary/aromatic N) is 3. The van der Waals surface area contributed by atoms with Crippen LogP contribution in [0, 0.1) is 0 Å². The van der Waals surface area contributed by atoms with Gasteiger partial charge in [-0.2, -0.15) is 0 Å². The zero-order chi connectivity index (χ0) is 22.9. The number of aromatic nitrogens is 2. The van der Waals surface area contributed by atoms with E-state index in [2.05, 4.69) is 13.2 Å². The van der Waals surface area contributed by atoms with E-state index in [4.69, 9.17) is 16.6 Å². The minimum Gasteiger partial charge on any atom is -0.308 e. The van der Waals surface area contributed by atoms with Crippen LogP contribution in [-0.4, -0.2) is 22.0 Å². The van der Waals surface area contributed by atoms with Crippen molar-refractivity contribution in [2.45, 2.75) is 33.6 Å². The molecule has 5 nitrogen and oxygen atoms in total. The SMILES string of the molecule is C=Cc1c(N(CC(=C)C)C(C)=O)ccc2c(=O)n(-c3ccc(Cl)cc3)c(C(C)C)nc12. The summed E-state index contributed by atoms with van der Waals surface area (Å²) in [7, 11) is 0. The zero-order valence-corrected chi connectivity index (χ0v) is 19.0. The lowest BCUT2D eigenvalue weighted by Gasteiger charge is -2.24. The van der Waals surface area contributed by atoms with Gasteiger partial charge in [0, 0.05) is 30.0 Å². The van der Waals surface area contributed by atoms with Crippen molar-refractivity contribution in [2.75, 3.05) is 11.4 Å². The van der Waals surface area contributed by atoms with E-state index < -0.39 is 0 Å². The van der Waals surface area contributed by atoms with Gasteiger partial charge >= 0.3 is 0 Å². The standard InChI is InChI=1S/C25H26ClN3O2/c1-7-20-22(28(17(6)30)14-15(2)3)13-12-21-23(20)27-24(16(4)5)29(25(21)31)19-10-8-18(26)9-11-19/h7-13,16H,1-2,14H2,3-6H3. The highest BCUT2D eigenvalue weighted by Crippen LogP contribution is 2.30. The lowest BCUT2D eigenvalue weighted by Crippen LogP contribution is -2.31. The zero-order valence-electron chi connectivity index (χ0n) is 18.3. The molecule has 1 heterocycles. The third-order valence-corrected chi connectivity index (χ3v) is 5.24. The third kappa shape index (κ3) is 4.32. The number of rotatable bonds is 6. The van der Waals surface area contributed by atoms with E-state index in [-0.39, 0.29) is 17.4 Å². The first-order chi connectivity index (χ1) is 14.6. The second-order valence-electron chi connectivity index (χ2n) is 7.90. The highest BCUT2D eigenvalue weighted by Gasteiger charge is 2.21. The molecule has 6 heteroatoms. The van der Waals surface area contributed by atoms with Crippen molar-refractivity contribution >= 4 is 40.2 Å². The number of fused-ring (bicyclic) bond motifs is 1. The van der Waals surface area contributed by atoms with Crippen LogP contribution in [-0.2, 0) is 4.79 Å². The van der Waals surface area contributed by atoms with Gasteiger partial charge in [0.1, 0.15) is 5.82 Å². The van der Waals surface area contributed by atoms with Gasteiger partial charge in [0.25, 0.3) is 5.56 Å². The van der Waals surface area contributed by atoms with E-state index in [9.17, 15) is 9.59 Å². The number of carbonyl (C=O) groups is 1. The molecule has 160 valence electrons. The van der Waals surface area contributed by atoms with E-state index in [1.807, 2.05) is 20.8 Å². The molecule has 0 fully saturated rings. The van der Waals surface area contributed by atoms with Crippen molar-refractivity contribution in [3.8, 4) is 5.69 Å². The molecule has 0 unspecified atom stereocenters. The molecule has 0 spiro atoms. The Labute approximate surface area is 187 Å². The van der Waals surface area contributed by atoms with Crippen LogP contribution in [0.2, 0.25) is 5.02 Å². The summed E-state index contributed by atoms with van der Waals surface area (Å²) in [5, 5.41) is 1.05. The fourth-order valence-electron chi connectivity index (χ4n) is 3.58. The smallest absolute Gasteiger partial charge is 0.266 e. The molecule has 0 atom stereocenters. The molecule has 0 radical (unpaired) electrons. The second kappa shape index (κ2) is 8.90. The van der Waals surface area contributed by atoms with Crippen LogP contribution in [0.3, 0.4) is 0 Å². The lowest BCUT2D eigenvalue weighted by atomic mass is 10.0. The van der Waals surface area contributed by atoms with Gasteiger partial charge in [-0.15, -0.1) is 0 Å². The van der Waals surface area contributed by atoms with E-state index in [1.54, 1.807) is 51.9 Å². The molecule has 0 aliphatic rings. The van der Waals surface area contributed by atoms with Crippen LogP contribution in [0.1, 0.15) is 45.0 Å². The number of hydrogen-bond acceptors (Lipinski definition) is 3. The van der Waals surface area contributed by atoms with E-state index in [1.165, 1.54) is 6.92 Å². The maximum Gasteiger partial charge on any atom is 0.266 e. The van der Waals surface area contributed by atoms with E-state index in [0.717, 1.165) is 5.57 Å². The fourth-order valence-corrected chi connectivity index (χ4v) is 3.71. The van der Waals surface area contributed by atoms with Crippen LogP contribution in [0.15, 0.2) is 59.9 Å². The van der Waals surface area contributed by atoms with Crippen molar-refractivity contribution in [1.82, 2.24) is 9.55 Å². The molecule has 2 aromatic carbocycles. The molecular weight excluding hydrogens is 410 g/mol. The van der Waals surface area contributed by atoms with Gasteiger partial charge in [-0.3, -0.25) is 14.2 Å². The first kappa shape index (κ1) is 22.5. The quantitative estimate of drug-likeness (QED) is 0.464. The Kier molecular flexibility index (Phi) is 6.46. The predicted molar refractivity (Wildman–Crippen MR) is 129 cm³/mol. The van der Waals surface area contributed by atoms with Crippen LogP contribution in [0.5, 0.6) is 0 Å². The van der Waals surface area contributed by atoms with Crippen molar-refractivity contribution in [1.29, 1.82) is 0 Å². The monoisotopic (exact) mass is 435 g/mol. The van der Waals surface area contributed by atoms with Crippen molar-refractivity contribution in [3.05, 3.63) is 81.9 Å². The van der Waals surface area contributed by atoms with Crippen molar-refractivity contribution < 1.29 is 4.79 Å². The molecule has 0 aliphatic heterocycles. The summed E-state index contributed by atoms with van der Waals surface area (Å²) in [6.45, 7) is 15.6. The first-order valence-corrected chi connectivity index (χ1v) is 10.4. The number of amides is 1. The fraction of sp³-hybridized carbons (Fsp3) is 0.240. The normalized spacial score (nSPS) is 11.0. The molecule has 0 saturated carbocycles. The highest BCUT2D eigenvalue weighted by atomic mass is 35.5. The highest BCUT2D eigenvalue weighted by molar-refractivity contribution is 6.30. The number of anilines is 1. The summed E-state index contributed by atoms with van der Waals surface area (Å²) < 4.78 is 1.62. The van der Waals surface area contributed by atoms with Gasteiger partial charge < -0.3 is 4.90 Å². The molecule has 0 N–H and O–H groups in total. The second-order valence-corrected chi connectivity index (χ2v) is 8.34. The van der Waals surface area contributed by atoms with Crippen LogP contribution < -0.4 is 10.5 Å². The van der Waals surface area contributed by atoms with Crippen molar-refractivity contribution in [3.63, 3.8) is 0 Å². The Balaban J connectivity index is 2.38. The first-order valence-electron chi connectivity index (χ1n) is 10.1. The number of carbonyl (C=O) groups excluding carboxylic acids is 1. The topological polar surface area (TPSA) is 55.2 Å². The van der Waals surface area contributed by atoms with E-state index in [0.29, 0.717) is 45.2 Å². The van der Waals surface area contributed by atoms with Gasteiger partial charge in [0.05, 0.1) is 22.3 Å². The Morgan fingerprint density at radius 2 is 1.84 bits per heavy atom. The average Bonchev–Trinajstić information content (AvgIpc) is 2.71. The predicted octanol–water partition coefficient (Wildman–Crippen LogP) is 5.73. The molecule has 3 rings (SSSR count). The summed E-state index contributed by atoms with van der Waals surface area (Å²) in [4.78, 5) is 32.4. The van der Waals surface area contributed by atoms with Crippen LogP contribution in [0.4, 0.5) is 5.69 Å². The minimum atomic E-state index is -0.181. The van der Waals surface area contributed by atoms with Gasteiger partial charge in [-0.25, -0.2) is 4.98 Å². The molecule has 0 bridgehead atoms. The summed E-state index contributed by atoms with van der Waals surface area (Å²) in [6, 6.07) is 10.6. The van der Waals surface area contributed by atoms with Gasteiger partial charge in [0.2, 0.25) is 5.91 Å². The van der Waals surface area contributed by atoms with Crippen LogP contribution in [0.25, 0.3) is 22.7 Å². The van der Waals surface area contributed by atoms with Crippen LogP contribution >= 0.6 is 11.6 Å². The summed E-state index contributed by atoms with van der Waals surface area (Å²) >= 11 is 6.03. The lowest BCUT2D eigenvalue weighted by molar-refractivity contribution is -0.116. The summed E-state index contributed by atoms with van der Waals surface area (Å²) in [6.07, 6.45) is 1.65. The summed E-state index contributed by atoms with van der Waals surface area (Å²) in [5.74, 6) is 0.479. The molecule has 1 aromatic heterocycles. The molecule has 0 saturated heterocycles. The van der Waals surface area contributed by atoms with E-state index >= 15 is 0 Å². The third-order valence-electron chi connectivity index (χ3n) is 4.99. The largest absolute Gasteiger partial charge is 0.308 e. The molecular formula is C25H26ClN3O2. The van der Waals surface area contributed by atoms with Gasteiger partial charge in [0.15, 0.2) is 0 Å². The van der Waals surface area contributed by atoms with Crippen molar-refractivity contribution in [2.24, 2.45) is 0 Å². The Bertz CT molecular complexity index is 1240. The Hall–Kier alpha value is -3.18. The molecule has 1 amide bonds. The minimum absolute atomic E-state index is 0.0200.